The standard InChI is InChI=1S/C21H19N3O/c1-14-12-13-16-15-8-4-7-11-19(15)25-21(16)20(14)24-18-10-6-5-9-17(18)22(2)23(24)3/h4-13H,1-3H3. The van der Waals surface area contributed by atoms with Gasteiger partial charge in [-0.2, -0.15) is 0 Å². The first-order valence-corrected chi connectivity index (χ1v) is 8.44. The fourth-order valence-corrected chi connectivity index (χ4v) is 3.76. The summed E-state index contributed by atoms with van der Waals surface area (Å²) in [5.74, 6) is 0. The van der Waals surface area contributed by atoms with Crippen molar-refractivity contribution in [2.75, 3.05) is 24.1 Å². The summed E-state index contributed by atoms with van der Waals surface area (Å²) in [7, 11) is 4.15. The molecule has 0 atom stereocenters. The van der Waals surface area contributed by atoms with Gasteiger partial charge in [-0.15, -0.1) is 5.12 Å². The molecule has 0 N–H and O–H groups in total. The zero-order chi connectivity index (χ0) is 17.1. The summed E-state index contributed by atoms with van der Waals surface area (Å²) in [6, 6.07) is 21.0. The van der Waals surface area contributed by atoms with E-state index in [-0.39, 0.29) is 0 Å². The van der Waals surface area contributed by atoms with Gasteiger partial charge in [0.05, 0.1) is 11.4 Å². The lowest BCUT2D eigenvalue weighted by Crippen LogP contribution is -2.41. The van der Waals surface area contributed by atoms with E-state index in [4.69, 9.17) is 4.42 Å². The Morgan fingerprint density at radius 3 is 2.32 bits per heavy atom. The maximum atomic E-state index is 6.29. The van der Waals surface area contributed by atoms with Crippen LogP contribution in [-0.4, -0.2) is 19.2 Å². The molecule has 0 saturated carbocycles. The predicted molar refractivity (Wildman–Crippen MR) is 103 cm³/mol. The molecule has 1 aliphatic heterocycles. The van der Waals surface area contributed by atoms with Gasteiger partial charge in [0, 0.05) is 24.9 Å². The molecule has 1 aliphatic rings. The number of hydrazine groups is 2. The number of para-hydroxylation sites is 3. The molecule has 0 unspecified atom stereocenters. The van der Waals surface area contributed by atoms with E-state index in [0.717, 1.165) is 33.3 Å². The molecule has 25 heavy (non-hydrogen) atoms. The first kappa shape index (κ1) is 14.4. The minimum atomic E-state index is 0.924. The number of benzene rings is 3. The van der Waals surface area contributed by atoms with E-state index in [1.165, 1.54) is 11.3 Å². The Kier molecular flexibility index (Phi) is 2.88. The molecule has 0 fully saturated rings. The van der Waals surface area contributed by atoms with E-state index in [2.05, 4.69) is 84.7 Å². The molecule has 4 nitrogen and oxygen atoms in total. The van der Waals surface area contributed by atoms with Crippen molar-refractivity contribution in [2.24, 2.45) is 0 Å². The van der Waals surface area contributed by atoms with Crippen LogP contribution in [0.4, 0.5) is 17.1 Å². The Labute approximate surface area is 146 Å². The van der Waals surface area contributed by atoms with Crippen molar-refractivity contribution in [3.05, 3.63) is 66.2 Å². The van der Waals surface area contributed by atoms with E-state index in [9.17, 15) is 0 Å². The summed E-state index contributed by atoms with van der Waals surface area (Å²) in [4.78, 5) is 0. The van der Waals surface area contributed by atoms with Crippen LogP contribution in [0.2, 0.25) is 0 Å². The highest BCUT2D eigenvalue weighted by atomic mass is 16.3. The van der Waals surface area contributed by atoms with Crippen molar-refractivity contribution in [1.82, 2.24) is 5.12 Å². The van der Waals surface area contributed by atoms with Crippen LogP contribution in [0.5, 0.6) is 0 Å². The van der Waals surface area contributed by atoms with Crippen LogP contribution in [0.3, 0.4) is 0 Å². The molecule has 1 aromatic heterocycles. The van der Waals surface area contributed by atoms with Gasteiger partial charge in [-0.25, -0.2) is 0 Å². The molecule has 5 rings (SSSR count). The maximum absolute atomic E-state index is 6.29. The second-order valence-corrected chi connectivity index (χ2v) is 6.52. The largest absolute Gasteiger partial charge is 0.454 e. The third-order valence-electron chi connectivity index (χ3n) is 5.12. The molecule has 0 spiro atoms. The molecule has 0 saturated heterocycles. The quantitative estimate of drug-likeness (QED) is 0.476. The molecular weight excluding hydrogens is 310 g/mol. The fourth-order valence-electron chi connectivity index (χ4n) is 3.76. The van der Waals surface area contributed by atoms with Crippen LogP contribution in [-0.2, 0) is 0 Å². The zero-order valence-electron chi connectivity index (χ0n) is 14.5. The Balaban J connectivity index is 1.85. The van der Waals surface area contributed by atoms with Gasteiger partial charge in [-0.1, -0.05) is 42.5 Å². The Bertz CT molecular complexity index is 1110. The summed E-state index contributed by atoms with van der Waals surface area (Å²) in [6.07, 6.45) is 0. The molecule has 0 amide bonds. The second kappa shape index (κ2) is 5.01. The van der Waals surface area contributed by atoms with Crippen LogP contribution in [0.25, 0.3) is 21.9 Å². The Hall–Kier alpha value is -2.98. The monoisotopic (exact) mass is 329 g/mol. The van der Waals surface area contributed by atoms with Crippen molar-refractivity contribution < 1.29 is 4.42 Å². The summed E-state index contributed by atoms with van der Waals surface area (Å²) >= 11 is 0. The molecule has 4 heteroatoms. The highest BCUT2D eigenvalue weighted by molar-refractivity contribution is 6.10. The van der Waals surface area contributed by atoms with E-state index >= 15 is 0 Å². The van der Waals surface area contributed by atoms with Gasteiger partial charge in [-0.05, 0) is 30.7 Å². The normalized spacial score (nSPS) is 14.7. The number of aryl methyl sites for hydroxylation is 1. The van der Waals surface area contributed by atoms with Gasteiger partial charge in [0.25, 0.3) is 0 Å². The molecule has 0 radical (unpaired) electrons. The van der Waals surface area contributed by atoms with Gasteiger partial charge in [0.2, 0.25) is 0 Å². The number of furan rings is 1. The maximum Gasteiger partial charge on any atom is 0.160 e. The van der Waals surface area contributed by atoms with E-state index in [0.29, 0.717) is 0 Å². The summed E-state index contributed by atoms with van der Waals surface area (Å²) in [6.45, 7) is 2.14. The van der Waals surface area contributed by atoms with E-state index in [1.807, 2.05) is 12.1 Å². The third-order valence-corrected chi connectivity index (χ3v) is 5.12. The highest BCUT2D eigenvalue weighted by Crippen LogP contribution is 2.46. The number of rotatable bonds is 1. The van der Waals surface area contributed by atoms with Crippen molar-refractivity contribution in [1.29, 1.82) is 0 Å². The van der Waals surface area contributed by atoms with Gasteiger partial charge in [0.1, 0.15) is 11.3 Å². The van der Waals surface area contributed by atoms with Crippen LogP contribution >= 0.6 is 0 Å². The SMILES string of the molecule is Cc1ccc2c(oc3ccccc32)c1N1c2ccccc2N(C)N1C. The lowest BCUT2D eigenvalue weighted by molar-refractivity contribution is 0.353. The smallest absolute Gasteiger partial charge is 0.160 e. The molecule has 4 aromatic rings. The van der Waals surface area contributed by atoms with E-state index < -0.39 is 0 Å². The van der Waals surface area contributed by atoms with Crippen molar-refractivity contribution >= 4 is 39.0 Å². The summed E-state index contributed by atoms with van der Waals surface area (Å²) in [5.41, 5.74) is 6.46. The molecule has 3 aromatic carbocycles. The number of fused-ring (bicyclic) bond motifs is 4. The fraction of sp³-hybridized carbons (Fsp3) is 0.143. The van der Waals surface area contributed by atoms with Crippen LogP contribution in [0, 0.1) is 6.92 Å². The first-order chi connectivity index (χ1) is 12.2. The summed E-state index contributed by atoms with van der Waals surface area (Å²) in [5, 5.41) is 8.81. The molecule has 0 bridgehead atoms. The van der Waals surface area contributed by atoms with Gasteiger partial charge >= 0.3 is 0 Å². The highest BCUT2D eigenvalue weighted by Gasteiger charge is 2.32. The number of hydrogen-bond donors (Lipinski definition) is 0. The zero-order valence-corrected chi connectivity index (χ0v) is 14.5. The lowest BCUT2D eigenvalue weighted by atomic mass is 10.1. The third kappa shape index (κ3) is 1.86. The minimum absolute atomic E-state index is 0.924. The number of hydrogen-bond acceptors (Lipinski definition) is 4. The molecular formula is C21H19N3O. The van der Waals surface area contributed by atoms with Crippen molar-refractivity contribution in [3.8, 4) is 0 Å². The van der Waals surface area contributed by atoms with Crippen molar-refractivity contribution in [2.45, 2.75) is 6.92 Å². The minimum Gasteiger partial charge on any atom is -0.454 e. The van der Waals surface area contributed by atoms with Gasteiger partial charge in [-0.3, -0.25) is 10.0 Å². The Morgan fingerprint density at radius 2 is 1.48 bits per heavy atom. The van der Waals surface area contributed by atoms with Crippen LogP contribution in [0.1, 0.15) is 5.56 Å². The average molecular weight is 329 g/mol. The molecule has 2 heterocycles. The van der Waals surface area contributed by atoms with Crippen molar-refractivity contribution in [3.63, 3.8) is 0 Å². The Morgan fingerprint density at radius 1 is 0.760 bits per heavy atom. The molecule has 0 aliphatic carbocycles. The number of anilines is 3. The van der Waals surface area contributed by atoms with Gasteiger partial charge in [0.15, 0.2) is 5.58 Å². The van der Waals surface area contributed by atoms with Gasteiger partial charge < -0.3 is 4.42 Å². The first-order valence-electron chi connectivity index (χ1n) is 8.44. The topological polar surface area (TPSA) is 22.9 Å². The average Bonchev–Trinajstić information content (AvgIpc) is 3.12. The predicted octanol–water partition coefficient (Wildman–Crippen LogP) is 5.24. The second-order valence-electron chi connectivity index (χ2n) is 6.52. The number of nitrogens with zero attached hydrogens (tertiary/aromatic N) is 3. The van der Waals surface area contributed by atoms with Crippen LogP contribution in [0.15, 0.2) is 65.1 Å². The summed E-state index contributed by atoms with van der Waals surface area (Å²) < 4.78 is 6.29. The molecule has 124 valence electrons. The lowest BCUT2D eigenvalue weighted by Gasteiger charge is -2.31. The van der Waals surface area contributed by atoms with Crippen LogP contribution < -0.4 is 10.0 Å². The van der Waals surface area contributed by atoms with E-state index in [1.54, 1.807) is 0 Å².